The molecule has 1 heterocycles. The van der Waals surface area contributed by atoms with E-state index in [1.807, 2.05) is 6.92 Å². The summed E-state index contributed by atoms with van der Waals surface area (Å²) >= 11 is 0. The third-order valence-corrected chi connectivity index (χ3v) is 1.97. The molecule has 0 unspecified atom stereocenters. The van der Waals surface area contributed by atoms with Gasteiger partial charge in [0.2, 0.25) is 0 Å². The van der Waals surface area contributed by atoms with Crippen molar-refractivity contribution in [3.63, 3.8) is 0 Å². The van der Waals surface area contributed by atoms with Crippen molar-refractivity contribution in [2.75, 3.05) is 13.2 Å². The van der Waals surface area contributed by atoms with Crippen LogP contribution in [0.3, 0.4) is 0 Å². The number of halogens is 3. The second kappa shape index (κ2) is 6.55. The molecule has 17 heavy (non-hydrogen) atoms. The number of nitrogens with zero attached hydrogens (tertiary/aromatic N) is 3. The van der Waals surface area contributed by atoms with Crippen molar-refractivity contribution < 1.29 is 17.9 Å². The maximum absolute atomic E-state index is 11.8. The monoisotopic (exact) mass is 252 g/mol. The summed E-state index contributed by atoms with van der Waals surface area (Å²) in [7, 11) is 0. The van der Waals surface area contributed by atoms with Crippen LogP contribution in [-0.4, -0.2) is 34.3 Å². The molecule has 98 valence electrons. The van der Waals surface area contributed by atoms with Gasteiger partial charge in [0.25, 0.3) is 0 Å². The summed E-state index contributed by atoms with van der Waals surface area (Å²) in [5.74, 6) is 0.601. The third-order valence-electron chi connectivity index (χ3n) is 1.97. The van der Waals surface area contributed by atoms with Gasteiger partial charge in [0.05, 0.1) is 19.7 Å². The summed E-state index contributed by atoms with van der Waals surface area (Å²) in [4.78, 5) is 3.96. The van der Waals surface area contributed by atoms with Gasteiger partial charge in [0.15, 0.2) is 0 Å². The SMILES string of the molecule is CCCNCc1ncnn1CCOC(F)(F)F. The van der Waals surface area contributed by atoms with Crippen molar-refractivity contribution in [1.82, 2.24) is 20.1 Å². The Morgan fingerprint density at radius 2 is 2.24 bits per heavy atom. The van der Waals surface area contributed by atoms with Gasteiger partial charge < -0.3 is 5.32 Å². The van der Waals surface area contributed by atoms with E-state index in [0.29, 0.717) is 12.4 Å². The third kappa shape index (κ3) is 5.64. The molecule has 0 aliphatic carbocycles. The van der Waals surface area contributed by atoms with Crippen LogP contribution in [0.1, 0.15) is 19.2 Å². The molecule has 0 aromatic carbocycles. The predicted octanol–water partition coefficient (Wildman–Crippen LogP) is 1.31. The van der Waals surface area contributed by atoms with Crippen molar-refractivity contribution in [2.24, 2.45) is 0 Å². The molecule has 8 heteroatoms. The molecule has 0 bridgehead atoms. The molecule has 1 N–H and O–H groups in total. The van der Waals surface area contributed by atoms with E-state index in [2.05, 4.69) is 20.1 Å². The first-order valence-electron chi connectivity index (χ1n) is 5.31. The van der Waals surface area contributed by atoms with Crippen LogP contribution in [0.5, 0.6) is 0 Å². The standard InChI is InChI=1S/C9H15F3N4O/c1-2-3-13-6-8-14-7-15-16(8)4-5-17-9(10,11)12/h7,13H,2-6H2,1H3. The highest BCUT2D eigenvalue weighted by molar-refractivity contribution is 4.83. The van der Waals surface area contributed by atoms with E-state index in [1.165, 1.54) is 11.0 Å². The molecule has 0 saturated heterocycles. The Morgan fingerprint density at radius 1 is 1.47 bits per heavy atom. The zero-order valence-electron chi connectivity index (χ0n) is 9.50. The molecular weight excluding hydrogens is 237 g/mol. The summed E-state index contributed by atoms with van der Waals surface area (Å²) in [6.45, 7) is 2.90. The number of hydrogen-bond acceptors (Lipinski definition) is 4. The van der Waals surface area contributed by atoms with E-state index in [0.717, 1.165) is 13.0 Å². The molecule has 5 nitrogen and oxygen atoms in total. The van der Waals surface area contributed by atoms with Crippen molar-refractivity contribution >= 4 is 0 Å². The molecule has 1 rings (SSSR count). The van der Waals surface area contributed by atoms with Gasteiger partial charge in [-0.1, -0.05) is 6.92 Å². The molecule has 0 aliphatic rings. The van der Waals surface area contributed by atoms with Gasteiger partial charge in [-0.3, -0.25) is 4.74 Å². The lowest BCUT2D eigenvalue weighted by atomic mass is 10.4. The lowest BCUT2D eigenvalue weighted by Gasteiger charge is -2.09. The zero-order valence-corrected chi connectivity index (χ0v) is 9.50. The van der Waals surface area contributed by atoms with Gasteiger partial charge in [-0.25, -0.2) is 9.67 Å². The van der Waals surface area contributed by atoms with Gasteiger partial charge in [-0.15, -0.1) is 13.2 Å². The molecule has 0 fully saturated rings. The predicted molar refractivity (Wildman–Crippen MR) is 54.0 cm³/mol. The molecule has 0 radical (unpaired) electrons. The highest BCUT2D eigenvalue weighted by Crippen LogP contribution is 2.15. The van der Waals surface area contributed by atoms with Crippen LogP contribution in [0.15, 0.2) is 6.33 Å². The number of hydrogen-bond donors (Lipinski definition) is 1. The quantitative estimate of drug-likeness (QED) is 0.743. The molecule has 1 aromatic heterocycles. The highest BCUT2D eigenvalue weighted by Gasteiger charge is 2.28. The van der Waals surface area contributed by atoms with Crippen LogP contribution < -0.4 is 5.32 Å². The smallest absolute Gasteiger partial charge is 0.310 e. The largest absolute Gasteiger partial charge is 0.522 e. The Labute approximate surface area is 97.0 Å². The minimum atomic E-state index is -4.60. The first kappa shape index (κ1) is 13.9. The number of ether oxygens (including phenoxy) is 1. The maximum atomic E-state index is 11.8. The number of nitrogens with one attached hydrogen (secondary N) is 1. The second-order valence-corrected chi connectivity index (χ2v) is 3.37. The van der Waals surface area contributed by atoms with Gasteiger partial charge >= 0.3 is 6.36 Å². The van der Waals surface area contributed by atoms with Gasteiger partial charge in [0, 0.05) is 0 Å². The minimum Gasteiger partial charge on any atom is -0.310 e. The van der Waals surface area contributed by atoms with E-state index in [4.69, 9.17) is 0 Å². The molecule has 0 amide bonds. The van der Waals surface area contributed by atoms with E-state index >= 15 is 0 Å². The zero-order chi connectivity index (χ0) is 12.7. The van der Waals surface area contributed by atoms with Crippen LogP contribution in [0.2, 0.25) is 0 Å². The fourth-order valence-electron chi connectivity index (χ4n) is 1.24. The lowest BCUT2D eigenvalue weighted by Crippen LogP contribution is -2.21. The fraction of sp³-hybridized carbons (Fsp3) is 0.778. The topological polar surface area (TPSA) is 52.0 Å². The number of rotatable bonds is 7. The average Bonchev–Trinajstić information content (AvgIpc) is 2.64. The number of aromatic nitrogens is 3. The van der Waals surface area contributed by atoms with E-state index in [1.54, 1.807) is 0 Å². The molecule has 0 spiro atoms. The van der Waals surface area contributed by atoms with Crippen LogP contribution in [-0.2, 0) is 17.8 Å². The summed E-state index contributed by atoms with van der Waals surface area (Å²) in [6.07, 6.45) is -2.30. The summed E-state index contributed by atoms with van der Waals surface area (Å²) < 4.78 is 40.3. The van der Waals surface area contributed by atoms with E-state index in [-0.39, 0.29) is 6.54 Å². The highest BCUT2D eigenvalue weighted by atomic mass is 19.4. The van der Waals surface area contributed by atoms with Gasteiger partial charge in [-0.2, -0.15) is 5.10 Å². The van der Waals surface area contributed by atoms with Crippen LogP contribution >= 0.6 is 0 Å². The maximum Gasteiger partial charge on any atom is 0.522 e. The normalized spacial score (nSPS) is 12.0. The average molecular weight is 252 g/mol. The van der Waals surface area contributed by atoms with Crippen LogP contribution in [0.4, 0.5) is 13.2 Å². The van der Waals surface area contributed by atoms with Crippen molar-refractivity contribution in [2.45, 2.75) is 32.8 Å². The van der Waals surface area contributed by atoms with Gasteiger partial charge in [-0.05, 0) is 13.0 Å². The van der Waals surface area contributed by atoms with E-state index < -0.39 is 13.0 Å². The summed E-state index contributed by atoms with van der Waals surface area (Å²) in [5.41, 5.74) is 0. The molecular formula is C9H15F3N4O. The lowest BCUT2D eigenvalue weighted by molar-refractivity contribution is -0.325. The van der Waals surface area contributed by atoms with Crippen LogP contribution in [0, 0.1) is 0 Å². The van der Waals surface area contributed by atoms with Crippen molar-refractivity contribution in [3.8, 4) is 0 Å². The minimum absolute atomic E-state index is 0.0304. The Kier molecular flexibility index (Phi) is 5.36. The first-order valence-corrected chi connectivity index (χ1v) is 5.31. The summed E-state index contributed by atoms with van der Waals surface area (Å²) in [6, 6.07) is 0. The van der Waals surface area contributed by atoms with Gasteiger partial charge in [0.1, 0.15) is 12.2 Å². The fourth-order valence-corrected chi connectivity index (χ4v) is 1.24. The van der Waals surface area contributed by atoms with Crippen LogP contribution in [0.25, 0.3) is 0 Å². The molecule has 0 atom stereocenters. The van der Waals surface area contributed by atoms with E-state index in [9.17, 15) is 13.2 Å². The Bertz CT molecular complexity index is 326. The Balaban J connectivity index is 2.35. The van der Waals surface area contributed by atoms with Crippen molar-refractivity contribution in [3.05, 3.63) is 12.2 Å². The molecule has 0 aliphatic heterocycles. The molecule has 0 saturated carbocycles. The second-order valence-electron chi connectivity index (χ2n) is 3.37. The number of alkyl halides is 3. The Hall–Kier alpha value is -1.15. The summed E-state index contributed by atoms with van der Waals surface area (Å²) in [5, 5.41) is 6.93. The first-order chi connectivity index (χ1) is 8.03. The molecule has 1 aromatic rings. The van der Waals surface area contributed by atoms with Crippen molar-refractivity contribution in [1.29, 1.82) is 0 Å². The Morgan fingerprint density at radius 3 is 2.88 bits per heavy atom.